The lowest BCUT2D eigenvalue weighted by atomic mass is 10.2. The Labute approximate surface area is 86.4 Å². The van der Waals surface area contributed by atoms with Crippen molar-refractivity contribution < 1.29 is 9.53 Å². The molecule has 4 heteroatoms. The summed E-state index contributed by atoms with van der Waals surface area (Å²) in [5.41, 5.74) is 5.29. The van der Waals surface area contributed by atoms with Crippen molar-refractivity contribution in [2.45, 2.75) is 39.5 Å². The van der Waals surface area contributed by atoms with Crippen molar-refractivity contribution >= 4 is 17.9 Å². The number of carbonyl (C=O) groups is 1. The number of unbranched alkanes of at least 4 members (excludes halogenated alkanes) is 3. The summed E-state index contributed by atoms with van der Waals surface area (Å²) in [5, 5.41) is -0.608. The molecule has 0 atom stereocenters. The van der Waals surface area contributed by atoms with Gasteiger partial charge in [0.05, 0.1) is 6.61 Å². The maximum absolute atomic E-state index is 10.1. The zero-order valence-electron chi connectivity index (χ0n) is 8.54. The average molecular weight is 206 g/mol. The normalized spacial score (nSPS) is 8.54. The lowest BCUT2D eigenvalue weighted by Crippen LogP contribution is -2.01. The molecule has 80 valence electrons. The van der Waals surface area contributed by atoms with Crippen LogP contribution >= 0.6 is 0 Å². The molecule has 13 heavy (non-hydrogen) atoms. The highest BCUT2D eigenvalue weighted by atomic mass is 32.1. The minimum atomic E-state index is -0.608. The van der Waals surface area contributed by atoms with Gasteiger partial charge in [0.1, 0.15) is 0 Å². The van der Waals surface area contributed by atoms with E-state index in [4.69, 9.17) is 5.73 Å². The van der Waals surface area contributed by atoms with Crippen LogP contribution in [0.1, 0.15) is 39.5 Å². The van der Waals surface area contributed by atoms with Gasteiger partial charge in [-0.3, -0.25) is 4.79 Å². The van der Waals surface area contributed by atoms with Crippen LogP contribution in [-0.4, -0.2) is 18.5 Å². The van der Waals surface area contributed by atoms with Crippen molar-refractivity contribution in [3.63, 3.8) is 0 Å². The highest BCUT2D eigenvalue weighted by Crippen LogP contribution is 1.98. The van der Waals surface area contributed by atoms with E-state index >= 15 is 0 Å². The summed E-state index contributed by atoms with van der Waals surface area (Å²) in [6, 6.07) is 0. The van der Waals surface area contributed by atoms with Gasteiger partial charge >= 0.3 is 0 Å². The molecule has 0 aliphatic rings. The number of hydrogen-bond donors (Lipinski definition) is 1. The van der Waals surface area contributed by atoms with Crippen molar-refractivity contribution in [2.75, 3.05) is 13.2 Å². The molecule has 0 aromatic heterocycles. The minimum Gasteiger partial charge on any atom is -0.698 e. The molecule has 0 heterocycles. The van der Waals surface area contributed by atoms with Gasteiger partial charge in [-0.05, 0) is 19.4 Å². The Balaban J connectivity index is 0. The van der Waals surface area contributed by atoms with E-state index in [2.05, 4.69) is 17.4 Å². The molecule has 0 fully saturated rings. The molecule has 0 saturated carbocycles. The van der Waals surface area contributed by atoms with Gasteiger partial charge in [-0.15, -0.1) is 0 Å². The molecule has 0 saturated heterocycles. The Hall–Kier alpha value is -0.350. The topological polar surface area (TPSA) is 52.3 Å². The number of ether oxygens (including phenoxy) is 1. The summed E-state index contributed by atoms with van der Waals surface area (Å²) in [7, 11) is 0. The van der Waals surface area contributed by atoms with Gasteiger partial charge in [-0.2, -0.15) is 0 Å². The van der Waals surface area contributed by atoms with Crippen molar-refractivity contribution in [1.29, 1.82) is 0 Å². The number of carbonyl (C=O) groups excluding carboxylic acids is 1. The Morgan fingerprint density at radius 3 is 2.23 bits per heavy atom. The predicted molar refractivity (Wildman–Crippen MR) is 57.6 cm³/mol. The smallest absolute Gasteiger partial charge is 0.184 e. The van der Waals surface area contributed by atoms with E-state index < -0.39 is 5.30 Å². The molecule has 0 aromatic carbocycles. The monoisotopic (exact) mass is 206 g/mol. The third-order valence-corrected chi connectivity index (χ3v) is 1.44. The summed E-state index contributed by atoms with van der Waals surface area (Å²) < 4.78 is 4.57. The van der Waals surface area contributed by atoms with Crippen LogP contribution in [0, 0.1) is 0 Å². The van der Waals surface area contributed by atoms with Crippen molar-refractivity contribution in [1.82, 2.24) is 0 Å². The van der Waals surface area contributed by atoms with Crippen LogP contribution in [0.5, 0.6) is 0 Å². The van der Waals surface area contributed by atoms with Gasteiger partial charge in [0, 0.05) is 0 Å². The van der Waals surface area contributed by atoms with Crippen LogP contribution in [-0.2, 0) is 17.4 Å². The standard InChI is InChI=1S/C7H15NO2S.C2H6/c8-5-3-1-2-4-6-10-7(9)11;1-2/h1-6,8H2,(H,9,11);1-2H3/p-1. The van der Waals surface area contributed by atoms with Gasteiger partial charge < -0.3 is 23.1 Å². The zero-order valence-corrected chi connectivity index (χ0v) is 9.36. The van der Waals surface area contributed by atoms with E-state index in [0.29, 0.717) is 6.61 Å². The largest absolute Gasteiger partial charge is 0.698 e. The number of hydrogen-bond acceptors (Lipinski definition) is 4. The SMILES string of the molecule is CC.NCCCCCCOC(=O)[S-]. The van der Waals surface area contributed by atoms with Crippen LogP contribution in [0.25, 0.3) is 0 Å². The van der Waals surface area contributed by atoms with E-state index in [1.807, 2.05) is 13.8 Å². The second-order valence-corrected chi connectivity index (χ2v) is 2.63. The fourth-order valence-corrected chi connectivity index (χ4v) is 0.839. The maximum Gasteiger partial charge on any atom is 0.184 e. The Morgan fingerprint density at radius 2 is 1.77 bits per heavy atom. The van der Waals surface area contributed by atoms with Crippen molar-refractivity contribution in [3.8, 4) is 0 Å². The summed E-state index contributed by atoms with van der Waals surface area (Å²) >= 11 is 4.20. The average Bonchev–Trinajstić information content (AvgIpc) is 2.14. The van der Waals surface area contributed by atoms with Gasteiger partial charge in [-0.1, -0.05) is 26.7 Å². The van der Waals surface area contributed by atoms with Crippen molar-refractivity contribution in [3.05, 3.63) is 0 Å². The molecule has 0 rings (SSSR count). The van der Waals surface area contributed by atoms with Gasteiger partial charge in [0.15, 0.2) is 5.30 Å². The summed E-state index contributed by atoms with van der Waals surface area (Å²) in [5.74, 6) is 0. The summed E-state index contributed by atoms with van der Waals surface area (Å²) in [4.78, 5) is 10.1. The summed E-state index contributed by atoms with van der Waals surface area (Å²) in [6.07, 6.45) is 4.09. The first-order valence-corrected chi connectivity index (χ1v) is 5.22. The molecule has 0 aliphatic carbocycles. The lowest BCUT2D eigenvalue weighted by molar-refractivity contribution is 0.172. The molecule has 0 aromatic rings. The zero-order chi connectivity index (χ0) is 10.5. The number of nitrogens with two attached hydrogens (primary N) is 1. The molecule has 0 amide bonds. The van der Waals surface area contributed by atoms with Gasteiger partial charge in [0.2, 0.25) is 0 Å². The van der Waals surface area contributed by atoms with Crippen LogP contribution in [0.3, 0.4) is 0 Å². The molecule has 0 unspecified atom stereocenters. The van der Waals surface area contributed by atoms with Gasteiger partial charge in [-0.25, -0.2) is 0 Å². The quantitative estimate of drug-likeness (QED) is 0.411. The van der Waals surface area contributed by atoms with E-state index in [-0.39, 0.29) is 0 Å². The third-order valence-electron chi connectivity index (χ3n) is 1.32. The first-order chi connectivity index (χ1) is 6.27. The van der Waals surface area contributed by atoms with Crippen LogP contribution in [0.2, 0.25) is 0 Å². The predicted octanol–water partition coefficient (Wildman–Crippen LogP) is 2.22. The Morgan fingerprint density at radius 1 is 1.23 bits per heavy atom. The Bertz CT molecular complexity index is 110. The second kappa shape index (κ2) is 14.2. The fraction of sp³-hybridized carbons (Fsp3) is 0.889. The maximum atomic E-state index is 10.1. The van der Waals surface area contributed by atoms with E-state index in [1.165, 1.54) is 0 Å². The first-order valence-electron chi connectivity index (χ1n) is 4.81. The van der Waals surface area contributed by atoms with Gasteiger partial charge in [0.25, 0.3) is 0 Å². The van der Waals surface area contributed by atoms with Crippen LogP contribution in [0.4, 0.5) is 4.79 Å². The Kier molecular flexibility index (Phi) is 16.5. The summed E-state index contributed by atoms with van der Waals surface area (Å²) in [6.45, 7) is 5.19. The molecule has 3 nitrogen and oxygen atoms in total. The molecular formula is C9H20NO2S-. The molecule has 0 spiro atoms. The molecule has 0 radical (unpaired) electrons. The van der Waals surface area contributed by atoms with E-state index in [0.717, 1.165) is 32.2 Å². The molecule has 0 bridgehead atoms. The highest BCUT2D eigenvalue weighted by molar-refractivity contribution is 7.76. The minimum absolute atomic E-state index is 0.451. The molecule has 0 aliphatic heterocycles. The fourth-order valence-electron chi connectivity index (χ4n) is 0.755. The third kappa shape index (κ3) is 18.5. The van der Waals surface area contributed by atoms with E-state index in [1.54, 1.807) is 0 Å². The van der Waals surface area contributed by atoms with E-state index in [9.17, 15) is 4.79 Å². The van der Waals surface area contributed by atoms with Crippen molar-refractivity contribution in [2.24, 2.45) is 5.73 Å². The van der Waals surface area contributed by atoms with Crippen LogP contribution < -0.4 is 5.73 Å². The first kappa shape index (κ1) is 15.1. The highest BCUT2D eigenvalue weighted by Gasteiger charge is 1.88. The number of rotatable bonds is 6. The lowest BCUT2D eigenvalue weighted by Gasteiger charge is -2.06. The molecule has 2 N–H and O–H groups in total. The second-order valence-electron chi connectivity index (χ2n) is 2.30. The van der Waals surface area contributed by atoms with Crippen LogP contribution in [0.15, 0.2) is 0 Å². The molecular weight excluding hydrogens is 186 g/mol.